The first-order valence-corrected chi connectivity index (χ1v) is 9.39. The van der Waals surface area contributed by atoms with Crippen LogP contribution in [-0.2, 0) is 11.8 Å². The van der Waals surface area contributed by atoms with Crippen molar-refractivity contribution < 1.29 is 14.3 Å². The van der Waals surface area contributed by atoms with Crippen LogP contribution in [0.15, 0.2) is 30.5 Å². The third-order valence-electron chi connectivity index (χ3n) is 5.43. The molecule has 0 radical (unpaired) electrons. The van der Waals surface area contributed by atoms with E-state index < -0.39 is 5.97 Å². The first kappa shape index (κ1) is 18.3. The molecule has 3 aromatic rings. The summed E-state index contributed by atoms with van der Waals surface area (Å²) in [7, 11) is 4.87. The largest absolute Gasteiger partial charge is 0.494 e. The average molecular weight is 380 g/mol. The molecular weight excluding hydrogens is 356 g/mol. The maximum absolute atomic E-state index is 11.9. The van der Waals surface area contributed by atoms with Crippen LogP contribution in [0.1, 0.15) is 30.1 Å². The van der Waals surface area contributed by atoms with E-state index in [9.17, 15) is 4.79 Å². The van der Waals surface area contributed by atoms with E-state index in [0.29, 0.717) is 22.9 Å². The van der Waals surface area contributed by atoms with Gasteiger partial charge in [-0.1, -0.05) is 0 Å². The van der Waals surface area contributed by atoms with Crippen molar-refractivity contribution in [3.63, 3.8) is 0 Å². The second-order valence-electron chi connectivity index (χ2n) is 7.12. The highest BCUT2D eigenvalue weighted by Gasteiger charge is 2.22. The number of aryl methyl sites for hydroxylation is 1. The van der Waals surface area contributed by atoms with Gasteiger partial charge < -0.3 is 18.9 Å². The Balaban J connectivity index is 1.76. The Morgan fingerprint density at radius 1 is 1.25 bits per heavy atom. The zero-order valence-corrected chi connectivity index (χ0v) is 16.6. The molecule has 1 atom stereocenters. The number of ether oxygens (including phenoxy) is 2. The van der Waals surface area contributed by atoms with Gasteiger partial charge in [-0.2, -0.15) is 0 Å². The molecule has 0 saturated carbocycles. The van der Waals surface area contributed by atoms with Crippen LogP contribution in [0.25, 0.3) is 22.4 Å². The van der Waals surface area contributed by atoms with Crippen molar-refractivity contribution in [3.8, 4) is 17.1 Å². The zero-order chi connectivity index (χ0) is 19.8. The third kappa shape index (κ3) is 2.96. The van der Waals surface area contributed by atoms with Crippen LogP contribution in [0.2, 0.25) is 0 Å². The quantitative estimate of drug-likeness (QED) is 0.646. The summed E-state index contributed by atoms with van der Waals surface area (Å²) in [6.45, 7) is 3.28. The highest BCUT2D eigenvalue weighted by molar-refractivity contribution is 5.97. The van der Waals surface area contributed by atoms with Crippen LogP contribution in [0, 0.1) is 0 Å². The lowest BCUT2D eigenvalue weighted by Gasteiger charge is -2.22. The molecule has 0 bridgehead atoms. The Labute approximate surface area is 163 Å². The van der Waals surface area contributed by atoms with Crippen LogP contribution in [-0.4, -0.2) is 47.3 Å². The van der Waals surface area contributed by atoms with Crippen molar-refractivity contribution >= 4 is 22.8 Å². The first-order valence-electron chi connectivity index (χ1n) is 9.39. The van der Waals surface area contributed by atoms with Gasteiger partial charge in [-0.3, -0.25) is 0 Å². The number of esters is 1. The number of aromatic nitrogens is 3. The highest BCUT2D eigenvalue weighted by atomic mass is 16.5. The predicted molar refractivity (Wildman–Crippen MR) is 108 cm³/mol. The summed E-state index contributed by atoms with van der Waals surface area (Å²) in [5.74, 6) is 1.93. The summed E-state index contributed by atoms with van der Waals surface area (Å²) >= 11 is 0. The summed E-state index contributed by atoms with van der Waals surface area (Å²) in [4.78, 5) is 23.7. The normalized spacial score (nSPS) is 16.6. The van der Waals surface area contributed by atoms with Gasteiger partial charge in [0.25, 0.3) is 0 Å². The van der Waals surface area contributed by atoms with Gasteiger partial charge in [-0.25, -0.2) is 14.8 Å². The summed E-state index contributed by atoms with van der Waals surface area (Å²) < 4.78 is 12.3. The highest BCUT2D eigenvalue weighted by Crippen LogP contribution is 2.32. The molecule has 3 heterocycles. The van der Waals surface area contributed by atoms with Crippen molar-refractivity contribution in [2.75, 3.05) is 25.7 Å². The van der Waals surface area contributed by atoms with Gasteiger partial charge in [-0.15, -0.1) is 0 Å². The smallest absolute Gasteiger partial charge is 0.338 e. The maximum atomic E-state index is 11.9. The Morgan fingerprint density at radius 3 is 2.68 bits per heavy atom. The van der Waals surface area contributed by atoms with Gasteiger partial charge in [0.15, 0.2) is 0 Å². The topological polar surface area (TPSA) is 69.5 Å². The minimum absolute atomic E-state index is 0.410. The molecule has 1 unspecified atom stereocenters. The number of carbonyl (C=O) groups excluding carboxylic acids is 1. The molecule has 2 aromatic heterocycles. The number of rotatable bonds is 4. The molecule has 146 valence electrons. The summed E-state index contributed by atoms with van der Waals surface area (Å²) in [5.41, 5.74) is 2.82. The maximum Gasteiger partial charge on any atom is 0.338 e. The lowest BCUT2D eigenvalue weighted by Crippen LogP contribution is -2.26. The lowest BCUT2D eigenvalue weighted by atomic mass is 10.2. The van der Waals surface area contributed by atoms with Crippen molar-refractivity contribution in [1.29, 1.82) is 0 Å². The van der Waals surface area contributed by atoms with E-state index in [1.54, 1.807) is 19.2 Å². The minimum Gasteiger partial charge on any atom is -0.494 e. The molecule has 7 nitrogen and oxygen atoms in total. The molecule has 7 heteroatoms. The van der Waals surface area contributed by atoms with E-state index in [1.807, 2.05) is 29.9 Å². The summed E-state index contributed by atoms with van der Waals surface area (Å²) in [6, 6.07) is 8.02. The first-order chi connectivity index (χ1) is 13.5. The SMILES string of the molecule is COC(=O)c1cc(OC)c2c(c1)nc(-c1ccc(N3CCCC3C)nc1)n2C. The zero-order valence-electron chi connectivity index (χ0n) is 16.6. The molecule has 1 aliphatic rings. The van der Waals surface area contributed by atoms with Gasteiger partial charge in [0.2, 0.25) is 0 Å². The number of anilines is 1. The van der Waals surface area contributed by atoms with Crippen molar-refractivity contribution in [2.24, 2.45) is 7.05 Å². The summed E-state index contributed by atoms with van der Waals surface area (Å²) in [6.07, 6.45) is 4.27. The monoisotopic (exact) mass is 380 g/mol. The Hall–Kier alpha value is -3.09. The molecule has 1 aliphatic heterocycles. The number of hydrogen-bond donors (Lipinski definition) is 0. The van der Waals surface area contributed by atoms with E-state index >= 15 is 0 Å². The van der Waals surface area contributed by atoms with E-state index in [1.165, 1.54) is 20.0 Å². The second kappa shape index (κ2) is 7.14. The van der Waals surface area contributed by atoms with Crippen LogP contribution in [0.4, 0.5) is 5.82 Å². The number of hydrogen-bond acceptors (Lipinski definition) is 6. The lowest BCUT2D eigenvalue weighted by molar-refractivity contribution is 0.0600. The molecule has 4 rings (SSSR count). The van der Waals surface area contributed by atoms with Crippen LogP contribution >= 0.6 is 0 Å². The fourth-order valence-corrected chi connectivity index (χ4v) is 3.92. The fraction of sp³-hybridized carbons (Fsp3) is 0.381. The number of methoxy groups -OCH3 is 2. The van der Waals surface area contributed by atoms with E-state index in [2.05, 4.69) is 16.8 Å². The minimum atomic E-state index is -0.418. The van der Waals surface area contributed by atoms with E-state index in [-0.39, 0.29) is 0 Å². The van der Waals surface area contributed by atoms with Gasteiger partial charge in [0.1, 0.15) is 22.9 Å². The predicted octanol–water partition coefficient (Wildman–Crippen LogP) is 3.42. The fourth-order valence-electron chi connectivity index (χ4n) is 3.92. The van der Waals surface area contributed by atoms with Crippen molar-refractivity contribution in [2.45, 2.75) is 25.8 Å². The van der Waals surface area contributed by atoms with Crippen LogP contribution in [0.5, 0.6) is 5.75 Å². The van der Waals surface area contributed by atoms with Gasteiger partial charge in [-0.05, 0) is 44.0 Å². The number of pyridine rings is 1. The number of imidazole rings is 1. The molecule has 0 aliphatic carbocycles. The molecule has 28 heavy (non-hydrogen) atoms. The van der Waals surface area contributed by atoms with Gasteiger partial charge in [0.05, 0.1) is 25.3 Å². The standard InChI is InChI=1S/C21H24N4O3/c1-13-6-5-9-25(13)18-8-7-14(12-22-18)20-23-16-10-15(21(26)28-4)11-17(27-3)19(16)24(20)2/h7-8,10-13H,5-6,9H2,1-4H3. The summed E-state index contributed by atoms with van der Waals surface area (Å²) in [5, 5.41) is 0. The van der Waals surface area contributed by atoms with Crippen molar-refractivity contribution in [1.82, 2.24) is 14.5 Å². The molecule has 1 fully saturated rings. The number of carbonyl (C=O) groups is 1. The third-order valence-corrected chi connectivity index (χ3v) is 5.43. The van der Waals surface area contributed by atoms with E-state index in [0.717, 1.165) is 29.3 Å². The van der Waals surface area contributed by atoms with Crippen LogP contribution < -0.4 is 9.64 Å². The molecule has 0 amide bonds. The molecular formula is C21H24N4O3. The molecule has 1 saturated heterocycles. The molecule has 0 N–H and O–H groups in total. The molecule has 1 aromatic carbocycles. The Morgan fingerprint density at radius 2 is 2.07 bits per heavy atom. The second-order valence-corrected chi connectivity index (χ2v) is 7.12. The average Bonchev–Trinajstić information content (AvgIpc) is 3.30. The van der Waals surface area contributed by atoms with Gasteiger partial charge in [0, 0.05) is 31.4 Å². The molecule has 0 spiro atoms. The van der Waals surface area contributed by atoms with E-state index in [4.69, 9.17) is 14.5 Å². The van der Waals surface area contributed by atoms with Crippen LogP contribution in [0.3, 0.4) is 0 Å². The Kier molecular flexibility index (Phi) is 4.66. The number of benzene rings is 1. The number of nitrogens with zero attached hydrogens (tertiary/aromatic N) is 4. The van der Waals surface area contributed by atoms with Crippen molar-refractivity contribution in [3.05, 3.63) is 36.0 Å². The Bertz CT molecular complexity index is 1030. The number of fused-ring (bicyclic) bond motifs is 1. The van der Waals surface area contributed by atoms with Gasteiger partial charge >= 0.3 is 5.97 Å².